The van der Waals surface area contributed by atoms with Gasteiger partial charge in [-0.05, 0) is 34.7 Å². The second kappa shape index (κ2) is 2.54. The molecule has 2 rings (SSSR count). The van der Waals surface area contributed by atoms with E-state index in [-0.39, 0.29) is 5.82 Å². The summed E-state index contributed by atoms with van der Waals surface area (Å²) in [6, 6.07) is 3.54. The second-order valence-electron chi connectivity index (χ2n) is 2.22. The minimum atomic E-state index is -0.811. The predicted octanol–water partition coefficient (Wildman–Crippen LogP) is 1.06. The SMILES string of the molecule is Nc1nc(F)nn2c(I)ccc12. The summed E-state index contributed by atoms with van der Waals surface area (Å²) in [4.78, 5) is 3.39. The van der Waals surface area contributed by atoms with E-state index in [1.165, 1.54) is 4.52 Å². The van der Waals surface area contributed by atoms with Crippen molar-refractivity contribution in [1.82, 2.24) is 14.6 Å². The lowest BCUT2D eigenvalue weighted by Crippen LogP contribution is -2.04. The summed E-state index contributed by atoms with van der Waals surface area (Å²) < 4.78 is 14.8. The Morgan fingerprint density at radius 1 is 1.50 bits per heavy atom. The molecule has 2 aromatic rings. The maximum absolute atomic E-state index is 12.6. The van der Waals surface area contributed by atoms with Crippen LogP contribution >= 0.6 is 22.6 Å². The number of halogens is 2. The van der Waals surface area contributed by atoms with Gasteiger partial charge in [0, 0.05) is 0 Å². The Bertz CT molecular complexity index is 438. The number of nitrogen functional groups attached to an aromatic ring is 1. The van der Waals surface area contributed by atoms with Crippen LogP contribution in [0, 0.1) is 9.78 Å². The van der Waals surface area contributed by atoms with E-state index in [0.717, 1.165) is 3.70 Å². The normalized spacial score (nSPS) is 10.8. The molecule has 6 heteroatoms. The van der Waals surface area contributed by atoms with E-state index in [9.17, 15) is 4.39 Å². The zero-order valence-electron chi connectivity index (χ0n) is 5.83. The molecule has 62 valence electrons. The fourth-order valence-corrected chi connectivity index (χ4v) is 1.51. The third-order valence-electron chi connectivity index (χ3n) is 1.47. The molecule has 0 aliphatic rings. The first-order valence-electron chi connectivity index (χ1n) is 3.15. The van der Waals surface area contributed by atoms with Crippen molar-refractivity contribution >= 4 is 33.9 Å². The highest BCUT2D eigenvalue weighted by molar-refractivity contribution is 14.1. The van der Waals surface area contributed by atoms with Crippen molar-refractivity contribution in [3.8, 4) is 0 Å². The number of anilines is 1. The number of hydrogen-bond donors (Lipinski definition) is 1. The Morgan fingerprint density at radius 2 is 2.25 bits per heavy atom. The smallest absolute Gasteiger partial charge is 0.327 e. The second-order valence-corrected chi connectivity index (χ2v) is 3.32. The van der Waals surface area contributed by atoms with Crippen LogP contribution in [0.5, 0.6) is 0 Å². The first-order valence-corrected chi connectivity index (χ1v) is 4.22. The number of nitrogens with zero attached hydrogens (tertiary/aromatic N) is 3. The van der Waals surface area contributed by atoms with Gasteiger partial charge >= 0.3 is 6.08 Å². The van der Waals surface area contributed by atoms with Gasteiger partial charge in [0.15, 0.2) is 5.82 Å². The van der Waals surface area contributed by atoms with Gasteiger partial charge in [0.05, 0.1) is 0 Å². The molecule has 2 N–H and O–H groups in total. The lowest BCUT2D eigenvalue weighted by molar-refractivity contribution is 0.513. The summed E-state index contributed by atoms with van der Waals surface area (Å²) >= 11 is 2.04. The van der Waals surface area contributed by atoms with Crippen molar-refractivity contribution in [2.24, 2.45) is 0 Å². The van der Waals surface area contributed by atoms with Crippen molar-refractivity contribution in [2.45, 2.75) is 0 Å². The molecule has 12 heavy (non-hydrogen) atoms. The molecule has 0 radical (unpaired) electrons. The summed E-state index contributed by atoms with van der Waals surface area (Å²) in [5.74, 6) is 0.158. The number of rotatable bonds is 0. The molecule has 0 fully saturated rings. The average Bonchev–Trinajstić information content (AvgIpc) is 2.33. The van der Waals surface area contributed by atoms with E-state index in [0.29, 0.717) is 5.52 Å². The van der Waals surface area contributed by atoms with Crippen LogP contribution in [0.3, 0.4) is 0 Å². The number of aromatic nitrogens is 3. The van der Waals surface area contributed by atoms with Gasteiger partial charge in [0.2, 0.25) is 0 Å². The van der Waals surface area contributed by atoms with Gasteiger partial charge in [-0.1, -0.05) is 0 Å². The van der Waals surface area contributed by atoms with Crippen molar-refractivity contribution in [3.63, 3.8) is 0 Å². The zero-order valence-corrected chi connectivity index (χ0v) is 7.99. The van der Waals surface area contributed by atoms with Crippen LogP contribution in [-0.2, 0) is 0 Å². The van der Waals surface area contributed by atoms with Gasteiger partial charge in [0.1, 0.15) is 9.22 Å². The molecule has 0 amide bonds. The molecule has 0 aliphatic carbocycles. The molecule has 0 bridgehead atoms. The highest BCUT2D eigenvalue weighted by Crippen LogP contribution is 2.14. The first kappa shape index (κ1) is 7.71. The Balaban J connectivity index is 2.92. The Labute approximate surface area is 80.7 Å². The lowest BCUT2D eigenvalue weighted by Gasteiger charge is -1.97. The zero-order chi connectivity index (χ0) is 8.72. The predicted molar refractivity (Wildman–Crippen MR) is 50.1 cm³/mol. The molecule has 0 saturated carbocycles. The van der Waals surface area contributed by atoms with Crippen molar-refractivity contribution < 1.29 is 4.39 Å². The summed E-state index contributed by atoms with van der Waals surface area (Å²) in [5.41, 5.74) is 6.08. The maximum atomic E-state index is 12.6. The quantitative estimate of drug-likeness (QED) is 0.733. The Kier molecular flexibility index (Phi) is 1.63. The average molecular weight is 278 g/mol. The van der Waals surface area contributed by atoms with Crippen LogP contribution in [0.1, 0.15) is 0 Å². The van der Waals surface area contributed by atoms with Gasteiger partial charge in [-0.15, -0.1) is 5.10 Å². The molecular weight excluding hydrogens is 274 g/mol. The Hall–Kier alpha value is -0.920. The van der Waals surface area contributed by atoms with E-state index < -0.39 is 6.08 Å². The molecule has 0 atom stereocenters. The van der Waals surface area contributed by atoms with Gasteiger partial charge in [-0.25, -0.2) is 4.52 Å². The minimum Gasteiger partial charge on any atom is -0.382 e. The molecule has 2 heterocycles. The van der Waals surface area contributed by atoms with E-state index in [4.69, 9.17) is 5.73 Å². The highest BCUT2D eigenvalue weighted by Gasteiger charge is 2.06. The van der Waals surface area contributed by atoms with Crippen molar-refractivity contribution in [3.05, 3.63) is 21.9 Å². The number of nitrogens with two attached hydrogens (primary N) is 1. The highest BCUT2D eigenvalue weighted by atomic mass is 127. The third-order valence-corrected chi connectivity index (χ3v) is 2.28. The van der Waals surface area contributed by atoms with Crippen LogP contribution in [0.4, 0.5) is 10.2 Å². The monoisotopic (exact) mass is 278 g/mol. The standard InChI is InChI=1S/C6H4FIN4/c7-6-10-5(9)3-1-2-4(8)12(3)11-6/h1-2H,(H2,9,10,11). The lowest BCUT2D eigenvalue weighted by atomic mass is 10.5. The minimum absolute atomic E-state index is 0.158. The molecule has 0 spiro atoms. The molecule has 0 aliphatic heterocycles. The number of fused-ring (bicyclic) bond motifs is 1. The molecular formula is C6H4FIN4. The summed E-state index contributed by atoms with van der Waals surface area (Å²) in [6.07, 6.45) is -0.811. The fraction of sp³-hybridized carbons (Fsp3) is 0. The van der Waals surface area contributed by atoms with Crippen LogP contribution in [0.2, 0.25) is 0 Å². The summed E-state index contributed by atoms with van der Waals surface area (Å²) in [5, 5.41) is 3.55. The van der Waals surface area contributed by atoms with Crippen LogP contribution in [-0.4, -0.2) is 14.6 Å². The number of hydrogen-bond acceptors (Lipinski definition) is 3. The van der Waals surface area contributed by atoms with Crippen LogP contribution in [0.15, 0.2) is 12.1 Å². The van der Waals surface area contributed by atoms with E-state index in [1.807, 2.05) is 22.6 Å². The Morgan fingerprint density at radius 3 is 3.00 bits per heavy atom. The van der Waals surface area contributed by atoms with Crippen LogP contribution in [0.25, 0.3) is 5.52 Å². The fourth-order valence-electron chi connectivity index (χ4n) is 0.961. The molecule has 2 aromatic heterocycles. The molecule has 0 saturated heterocycles. The van der Waals surface area contributed by atoms with E-state index in [2.05, 4.69) is 10.1 Å². The van der Waals surface area contributed by atoms with Gasteiger partial charge in [-0.3, -0.25) is 0 Å². The van der Waals surface area contributed by atoms with Gasteiger partial charge in [0.25, 0.3) is 0 Å². The molecule has 0 unspecified atom stereocenters. The topological polar surface area (TPSA) is 56.2 Å². The third kappa shape index (κ3) is 1.02. The first-order chi connectivity index (χ1) is 5.68. The summed E-state index contributed by atoms with van der Waals surface area (Å²) in [6.45, 7) is 0. The molecule has 4 nitrogen and oxygen atoms in total. The van der Waals surface area contributed by atoms with Gasteiger partial charge < -0.3 is 5.73 Å². The molecule has 0 aromatic carbocycles. The van der Waals surface area contributed by atoms with E-state index >= 15 is 0 Å². The maximum Gasteiger partial charge on any atom is 0.327 e. The van der Waals surface area contributed by atoms with Crippen molar-refractivity contribution in [2.75, 3.05) is 5.73 Å². The van der Waals surface area contributed by atoms with Gasteiger partial charge in [-0.2, -0.15) is 9.37 Å². The van der Waals surface area contributed by atoms with Crippen molar-refractivity contribution in [1.29, 1.82) is 0 Å². The van der Waals surface area contributed by atoms with E-state index in [1.54, 1.807) is 12.1 Å². The largest absolute Gasteiger partial charge is 0.382 e. The summed E-state index contributed by atoms with van der Waals surface area (Å²) in [7, 11) is 0. The van der Waals surface area contributed by atoms with Crippen LogP contribution < -0.4 is 5.73 Å².